The molecule has 0 saturated carbocycles. The predicted octanol–water partition coefficient (Wildman–Crippen LogP) is 0.405. The van der Waals surface area contributed by atoms with E-state index < -0.39 is 5.91 Å². The van der Waals surface area contributed by atoms with Crippen LogP contribution < -0.4 is 11.1 Å². The summed E-state index contributed by atoms with van der Waals surface area (Å²) in [5.41, 5.74) is 8.39. The molecule has 2 heterocycles. The lowest BCUT2D eigenvalue weighted by Gasteiger charge is -2.34. The number of nitrogens with two attached hydrogens (primary N) is 1. The van der Waals surface area contributed by atoms with E-state index in [2.05, 4.69) is 15.5 Å². The van der Waals surface area contributed by atoms with Gasteiger partial charge in [0.2, 0.25) is 11.8 Å². The Bertz CT molecular complexity index is 763. The van der Waals surface area contributed by atoms with Crippen LogP contribution in [0.1, 0.15) is 33.2 Å². The average molecular weight is 325 g/mol. The Labute approximate surface area is 139 Å². The number of primary amides is 1. The van der Waals surface area contributed by atoms with Crippen LogP contribution in [0.4, 0.5) is 0 Å². The summed E-state index contributed by atoms with van der Waals surface area (Å²) in [6.07, 6.45) is 1.61. The van der Waals surface area contributed by atoms with E-state index in [0.29, 0.717) is 18.7 Å². The second kappa shape index (κ2) is 6.76. The average Bonchev–Trinajstić information content (AvgIpc) is 2.57. The molecule has 2 amide bonds. The van der Waals surface area contributed by atoms with E-state index in [1.54, 1.807) is 18.3 Å². The Morgan fingerprint density at radius 1 is 1.33 bits per heavy atom. The maximum atomic E-state index is 11.8. The van der Waals surface area contributed by atoms with E-state index in [0.717, 1.165) is 16.8 Å². The van der Waals surface area contributed by atoms with Crippen molar-refractivity contribution >= 4 is 11.8 Å². The molecule has 2 aromatic rings. The fraction of sp³-hybridized carbons (Fsp3) is 0.294. The SMILES string of the molecule is Cc1c(C(N)=O)cccc1C(c1cccnn1)N1CCNC(=O)C1. The summed E-state index contributed by atoms with van der Waals surface area (Å²) in [7, 11) is 0. The quantitative estimate of drug-likeness (QED) is 0.847. The molecule has 0 bridgehead atoms. The molecule has 124 valence electrons. The highest BCUT2D eigenvalue weighted by atomic mass is 16.2. The minimum absolute atomic E-state index is 0.0288. The van der Waals surface area contributed by atoms with Crippen LogP contribution in [0.3, 0.4) is 0 Å². The molecular formula is C17H19N5O2. The molecule has 0 radical (unpaired) electrons. The number of carbonyl (C=O) groups is 2. The summed E-state index contributed by atoms with van der Waals surface area (Å²) >= 11 is 0. The molecule has 7 heteroatoms. The van der Waals surface area contributed by atoms with E-state index in [1.165, 1.54) is 0 Å². The fourth-order valence-electron chi connectivity index (χ4n) is 3.10. The van der Waals surface area contributed by atoms with Crippen LogP contribution in [0.15, 0.2) is 36.5 Å². The Kier molecular flexibility index (Phi) is 4.52. The maximum Gasteiger partial charge on any atom is 0.248 e. The van der Waals surface area contributed by atoms with Gasteiger partial charge in [0.1, 0.15) is 0 Å². The zero-order chi connectivity index (χ0) is 17.1. The third-order valence-electron chi connectivity index (χ3n) is 4.24. The highest BCUT2D eigenvalue weighted by Gasteiger charge is 2.29. The van der Waals surface area contributed by atoms with E-state index >= 15 is 0 Å². The summed E-state index contributed by atoms with van der Waals surface area (Å²) in [5.74, 6) is -0.498. The van der Waals surface area contributed by atoms with Gasteiger partial charge < -0.3 is 11.1 Å². The number of nitrogens with one attached hydrogen (secondary N) is 1. The zero-order valence-electron chi connectivity index (χ0n) is 13.4. The number of benzene rings is 1. The third-order valence-corrected chi connectivity index (χ3v) is 4.24. The Balaban J connectivity index is 2.10. The molecule has 7 nitrogen and oxygen atoms in total. The van der Waals surface area contributed by atoms with Gasteiger partial charge in [0, 0.05) is 24.8 Å². The molecule has 0 spiro atoms. The summed E-state index contributed by atoms with van der Waals surface area (Å²) < 4.78 is 0. The van der Waals surface area contributed by atoms with Crippen molar-refractivity contribution in [3.8, 4) is 0 Å². The number of nitrogens with zero attached hydrogens (tertiary/aromatic N) is 3. The summed E-state index contributed by atoms with van der Waals surface area (Å²) in [6.45, 7) is 3.39. The van der Waals surface area contributed by atoms with Crippen molar-refractivity contribution in [3.63, 3.8) is 0 Å². The van der Waals surface area contributed by atoms with Crippen LogP contribution in [0.2, 0.25) is 0 Å². The second-order valence-electron chi connectivity index (χ2n) is 5.76. The molecule has 3 rings (SSSR count). The molecule has 1 unspecified atom stereocenters. The third kappa shape index (κ3) is 3.11. The molecule has 1 aliphatic heterocycles. The Hall–Kier alpha value is -2.80. The van der Waals surface area contributed by atoms with Crippen molar-refractivity contribution in [1.29, 1.82) is 0 Å². The van der Waals surface area contributed by atoms with Crippen LogP contribution in [0.5, 0.6) is 0 Å². The first-order valence-corrected chi connectivity index (χ1v) is 7.75. The number of rotatable bonds is 4. The van der Waals surface area contributed by atoms with Gasteiger partial charge in [-0.25, -0.2) is 0 Å². The van der Waals surface area contributed by atoms with E-state index in [9.17, 15) is 9.59 Å². The largest absolute Gasteiger partial charge is 0.366 e. The predicted molar refractivity (Wildman–Crippen MR) is 88.2 cm³/mol. The monoisotopic (exact) mass is 325 g/mol. The normalized spacial score (nSPS) is 16.5. The standard InChI is InChI=1S/C17H19N5O2/c1-11-12(4-2-5-13(11)17(18)24)16(14-6-3-7-20-21-14)22-9-8-19-15(23)10-22/h2-7,16H,8-10H2,1H3,(H2,18,24)(H,19,23). The van der Waals surface area contributed by atoms with E-state index in [-0.39, 0.29) is 18.5 Å². The number of piperazine rings is 1. The Morgan fingerprint density at radius 2 is 2.17 bits per heavy atom. The van der Waals surface area contributed by atoms with Gasteiger partial charge in [0.05, 0.1) is 18.3 Å². The lowest BCUT2D eigenvalue weighted by atomic mass is 9.93. The molecule has 1 atom stereocenters. The summed E-state index contributed by atoms with van der Waals surface area (Å²) in [6, 6.07) is 8.87. The van der Waals surface area contributed by atoms with Crippen LogP contribution in [0, 0.1) is 6.92 Å². The summed E-state index contributed by atoms with van der Waals surface area (Å²) in [4.78, 5) is 25.6. The van der Waals surface area contributed by atoms with E-state index in [1.807, 2.05) is 30.0 Å². The van der Waals surface area contributed by atoms with Gasteiger partial charge >= 0.3 is 0 Å². The van der Waals surface area contributed by atoms with Gasteiger partial charge in [-0.1, -0.05) is 12.1 Å². The molecule has 1 fully saturated rings. The number of hydrogen-bond donors (Lipinski definition) is 2. The van der Waals surface area contributed by atoms with Gasteiger partial charge in [-0.15, -0.1) is 0 Å². The number of aromatic nitrogens is 2. The van der Waals surface area contributed by atoms with Crippen molar-refractivity contribution in [2.24, 2.45) is 5.73 Å². The first kappa shape index (κ1) is 16.1. The van der Waals surface area contributed by atoms with Crippen molar-refractivity contribution in [1.82, 2.24) is 20.4 Å². The van der Waals surface area contributed by atoms with Crippen LogP contribution in [-0.2, 0) is 4.79 Å². The van der Waals surface area contributed by atoms with Gasteiger partial charge in [-0.3, -0.25) is 14.5 Å². The molecule has 24 heavy (non-hydrogen) atoms. The lowest BCUT2D eigenvalue weighted by molar-refractivity contribution is -0.124. The zero-order valence-corrected chi connectivity index (χ0v) is 13.4. The van der Waals surface area contributed by atoms with Crippen molar-refractivity contribution < 1.29 is 9.59 Å². The minimum atomic E-state index is -0.469. The molecular weight excluding hydrogens is 306 g/mol. The maximum absolute atomic E-state index is 11.8. The number of amides is 2. The van der Waals surface area contributed by atoms with Gasteiger partial charge in [-0.05, 0) is 36.2 Å². The van der Waals surface area contributed by atoms with Crippen molar-refractivity contribution in [2.45, 2.75) is 13.0 Å². The summed E-state index contributed by atoms with van der Waals surface area (Å²) in [5, 5.41) is 11.0. The number of carbonyl (C=O) groups excluding carboxylic acids is 2. The fourth-order valence-corrected chi connectivity index (χ4v) is 3.10. The molecule has 1 aromatic carbocycles. The van der Waals surface area contributed by atoms with Crippen molar-refractivity contribution in [2.75, 3.05) is 19.6 Å². The van der Waals surface area contributed by atoms with Gasteiger partial charge in [0.15, 0.2) is 0 Å². The van der Waals surface area contributed by atoms with Gasteiger partial charge in [-0.2, -0.15) is 10.2 Å². The van der Waals surface area contributed by atoms with E-state index in [4.69, 9.17) is 5.73 Å². The highest BCUT2D eigenvalue weighted by Crippen LogP contribution is 2.31. The molecule has 0 aliphatic carbocycles. The second-order valence-corrected chi connectivity index (χ2v) is 5.76. The van der Waals surface area contributed by atoms with Crippen LogP contribution in [0.25, 0.3) is 0 Å². The topological polar surface area (TPSA) is 101 Å². The highest BCUT2D eigenvalue weighted by molar-refractivity contribution is 5.94. The lowest BCUT2D eigenvalue weighted by Crippen LogP contribution is -2.49. The molecule has 1 saturated heterocycles. The smallest absolute Gasteiger partial charge is 0.248 e. The molecule has 1 aliphatic rings. The first-order chi connectivity index (χ1) is 11.6. The number of hydrogen-bond acceptors (Lipinski definition) is 5. The molecule has 1 aromatic heterocycles. The first-order valence-electron chi connectivity index (χ1n) is 7.75. The van der Waals surface area contributed by atoms with Crippen LogP contribution >= 0.6 is 0 Å². The van der Waals surface area contributed by atoms with Crippen LogP contribution in [-0.4, -0.2) is 46.5 Å². The minimum Gasteiger partial charge on any atom is -0.366 e. The van der Waals surface area contributed by atoms with Gasteiger partial charge in [0.25, 0.3) is 0 Å². The Morgan fingerprint density at radius 3 is 2.83 bits per heavy atom. The molecule has 3 N–H and O–H groups in total. The van der Waals surface area contributed by atoms with Crippen molar-refractivity contribution in [3.05, 3.63) is 58.9 Å².